The van der Waals surface area contributed by atoms with E-state index in [-0.39, 0.29) is 0 Å². The number of hydrogen-bond donors (Lipinski definition) is 0. The first-order chi connectivity index (χ1) is 7.69. The first kappa shape index (κ1) is 13.0. The second kappa shape index (κ2) is 6.54. The zero-order chi connectivity index (χ0) is 12.0. The number of ether oxygens (including phenoxy) is 2. The predicted molar refractivity (Wildman–Crippen MR) is 67.3 cm³/mol. The monoisotopic (exact) mass is 222 g/mol. The second-order valence-electron chi connectivity index (χ2n) is 4.07. The van der Waals surface area contributed by atoms with Crippen LogP contribution in [0, 0.1) is 13.8 Å². The van der Waals surface area contributed by atoms with Crippen LogP contribution in [0.4, 0.5) is 0 Å². The van der Waals surface area contributed by atoms with E-state index < -0.39 is 0 Å². The van der Waals surface area contributed by atoms with Crippen LogP contribution < -0.4 is 4.74 Å². The van der Waals surface area contributed by atoms with Crippen molar-refractivity contribution in [3.63, 3.8) is 0 Å². The Balaban J connectivity index is 2.63. The van der Waals surface area contributed by atoms with Crippen LogP contribution in [-0.4, -0.2) is 20.3 Å². The molecule has 1 aromatic carbocycles. The van der Waals surface area contributed by atoms with E-state index in [0.29, 0.717) is 0 Å². The van der Waals surface area contributed by atoms with Gasteiger partial charge in [0.2, 0.25) is 0 Å². The molecule has 2 nitrogen and oxygen atoms in total. The van der Waals surface area contributed by atoms with E-state index in [0.717, 1.165) is 31.8 Å². The smallest absolute Gasteiger partial charge is 0.119 e. The van der Waals surface area contributed by atoms with Gasteiger partial charge in [0.25, 0.3) is 0 Å². The fourth-order valence-corrected chi connectivity index (χ4v) is 1.74. The fraction of sp³-hybridized carbons (Fsp3) is 0.571. The number of methoxy groups -OCH3 is 1. The van der Waals surface area contributed by atoms with Crippen molar-refractivity contribution in [2.75, 3.05) is 20.3 Å². The first-order valence-electron chi connectivity index (χ1n) is 5.91. The molecule has 0 radical (unpaired) electrons. The second-order valence-corrected chi connectivity index (χ2v) is 4.07. The van der Waals surface area contributed by atoms with Crippen molar-refractivity contribution >= 4 is 0 Å². The summed E-state index contributed by atoms with van der Waals surface area (Å²) in [5.74, 6) is 0.982. The molecule has 0 N–H and O–H groups in total. The summed E-state index contributed by atoms with van der Waals surface area (Å²) in [6.07, 6.45) is 1.99. The van der Waals surface area contributed by atoms with Gasteiger partial charge in [-0.2, -0.15) is 0 Å². The molecule has 1 aromatic rings. The third-order valence-corrected chi connectivity index (χ3v) is 2.89. The van der Waals surface area contributed by atoms with Crippen molar-refractivity contribution in [3.8, 4) is 5.75 Å². The molecule has 0 aromatic heterocycles. The molecule has 1 rings (SSSR count). The highest BCUT2D eigenvalue weighted by atomic mass is 16.5. The van der Waals surface area contributed by atoms with E-state index in [2.05, 4.69) is 32.9 Å². The van der Waals surface area contributed by atoms with Gasteiger partial charge in [0.15, 0.2) is 0 Å². The number of hydrogen-bond acceptors (Lipinski definition) is 2. The first-order valence-corrected chi connectivity index (χ1v) is 5.91. The molecule has 0 aliphatic heterocycles. The summed E-state index contributed by atoms with van der Waals surface area (Å²) < 4.78 is 10.7. The molecule has 0 unspecified atom stereocenters. The van der Waals surface area contributed by atoms with Crippen molar-refractivity contribution in [1.29, 1.82) is 0 Å². The lowest BCUT2D eigenvalue weighted by Gasteiger charge is -2.12. The summed E-state index contributed by atoms with van der Waals surface area (Å²) >= 11 is 0. The average molecular weight is 222 g/mol. The van der Waals surface area contributed by atoms with Crippen LogP contribution in [-0.2, 0) is 11.2 Å². The highest BCUT2D eigenvalue weighted by molar-refractivity contribution is 5.40. The molecular weight excluding hydrogens is 200 g/mol. The number of aryl methyl sites for hydroxylation is 2. The van der Waals surface area contributed by atoms with Crippen molar-refractivity contribution < 1.29 is 9.47 Å². The number of benzene rings is 1. The van der Waals surface area contributed by atoms with Gasteiger partial charge >= 0.3 is 0 Å². The molecule has 2 heteroatoms. The van der Waals surface area contributed by atoms with Crippen LogP contribution >= 0.6 is 0 Å². The van der Waals surface area contributed by atoms with Crippen molar-refractivity contribution in [1.82, 2.24) is 0 Å². The van der Waals surface area contributed by atoms with Gasteiger partial charge in [0, 0.05) is 20.1 Å². The van der Waals surface area contributed by atoms with Gasteiger partial charge in [0.05, 0.1) is 6.61 Å². The summed E-state index contributed by atoms with van der Waals surface area (Å²) in [7, 11) is 1.71. The SMILES string of the molecule is CCc1cc(OCCCOC)cc(C)c1C. The van der Waals surface area contributed by atoms with Crippen LogP contribution in [0.3, 0.4) is 0 Å². The Kier molecular flexibility index (Phi) is 5.33. The van der Waals surface area contributed by atoms with Crippen LogP contribution in [0.15, 0.2) is 12.1 Å². The molecule has 0 atom stereocenters. The maximum Gasteiger partial charge on any atom is 0.119 e. The van der Waals surface area contributed by atoms with E-state index in [1.807, 2.05) is 0 Å². The largest absolute Gasteiger partial charge is 0.493 e. The normalized spacial score (nSPS) is 10.5. The molecule has 0 aliphatic rings. The minimum absolute atomic E-state index is 0.722. The molecule has 0 fully saturated rings. The molecule has 0 saturated carbocycles. The van der Waals surface area contributed by atoms with E-state index in [1.54, 1.807) is 7.11 Å². The van der Waals surface area contributed by atoms with E-state index in [9.17, 15) is 0 Å². The highest BCUT2D eigenvalue weighted by Gasteiger charge is 2.03. The van der Waals surface area contributed by atoms with Gasteiger partial charge in [-0.25, -0.2) is 0 Å². The Hall–Kier alpha value is -1.02. The van der Waals surface area contributed by atoms with E-state index in [1.165, 1.54) is 16.7 Å². The fourth-order valence-electron chi connectivity index (χ4n) is 1.74. The van der Waals surface area contributed by atoms with Crippen molar-refractivity contribution in [2.24, 2.45) is 0 Å². The van der Waals surface area contributed by atoms with Crippen LogP contribution in [0.25, 0.3) is 0 Å². The van der Waals surface area contributed by atoms with Gasteiger partial charge in [-0.15, -0.1) is 0 Å². The van der Waals surface area contributed by atoms with Gasteiger partial charge in [-0.1, -0.05) is 6.92 Å². The summed E-state index contributed by atoms with van der Waals surface area (Å²) in [5.41, 5.74) is 4.06. The minimum atomic E-state index is 0.722. The van der Waals surface area contributed by atoms with Gasteiger partial charge in [-0.3, -0.25) is 0 Å². The molecule has 16 heavy (non-hydrogen) atoms. The zero-order valence-electron chi connectivity index (χ0n) is 10.8. The maximum absolute atomic E-state index is 5.71. The lowest BCUT2D eigenvalue weighted by Crippen LogP contribution is -2.02. The highest BCUT2D eigenvalue weighted by Crippen LogP contribution is 2.22. The molecule has 0 amide bonds. The van der Waals surface area contributed by atoms with Gasteiger partial charge in [0.1, 0.15) is 5.75 Å². The molecule has 0 heterocycles. The Morgan fingerprint density at radius 2 is 1.88 bits per heavy atom. The summed E-state index contributed by atoms with van der Waals surface area (Å²) in [5, 5.41) is 0. The van der Waals surface area contributed by atoms with Crippen molar-refractivity contribution in [3.05, 3.63) is 28.8 Å². The predicted octanol–water partition coefficient (Wildman–Crippen LogP) is 3.28. The quantitative estimate of drug-likeness (QED) is 0.688. The lowest BCUT2D eigenvalue weighted by molar-refractivity contribution is 0.172. The molecule has 0 bridgehead atoms. The third-order valence-electron chi connectivity index (χ3n) is 2.89. The number of rotatable bonds is 6. The topological polar surface area (TPSA) is 18.5 Å². The molecule has 0 saturated heterocycles. The van der Waals surface area contributed by atoms with Gasteiger partial charge < -0.3 is 9.47 Å². The maximum atomic E-state index is 5.71. The van der Waals surface area contributed by atoms with Crippen LogP contribution in [0.1, 0.15) is 30.0 Å². The third kappa shape index (κ3) is 3.53. The Labute approximate surface area is 98.6 Å². The van der Waals surface area contributed by atoms with Gasteiger partial charge in [-0.05, 0) is 49.1 Å². The van der Waals surface area contributed by atoms with E-state index in [4.69, 9.17) is 9.47 Å². The Bertz CT molecular complexity index is 332. The average Bonchev–Trinajstić information content (AvgIpc) is 2.29. The molecule has 0 spiro atoms. The molecule has 90 valence electrons. The molecule has 0 aliphatic carbocycles. The van der Waals surface area contributed by atoms with Crippen LogP contribution in [0.5, 0.6) is 5.75 Å². The Morgan fingerprint density at radius 1 is 1.12 bits per heavy atom. The minimum Gasteiger partial charge on any atom is -0.493 e. The summed E-state index contributed by atoms with van der Waals surface area (Å²) in [4.78, 5) is 0. The standard InChI is InChI=1S/C14H22O2/c1-5-13-10-14(9-11(2)12(13)3)16-8-6-7-15-4/h9-10H,5-8H2,1-4H3. The van der Waals surface area contributed by atoms with Crippen molar-refractivity contribution in [2.45, 2.75) is 33.6 Å². The Morgan fingerprint density at radius 3 is 2.50 bits per heavy atom. The molecular formula is C14H22O2. The summed E-state index contributed by atoms with van der Waals surface area (Å²) in [6.45, 7) is 7.96. The zero-order valence-corrected chi connectivity index (χ0v) is 10.8. The summed E-state index contributed by atoms with van der Waals surface area (Å²) in [6, 6.07) is 4.26. The van der Waals surface area contributed by atoms with E-state index >= 15 is 0 Å². The van der Waals surface area contributed by atoms with Crippen LogP contribution in [0.2, 0.25) is 0 Å². The lowest BCUT2D eigenvalue weighted by atomic mass is 10.0.